The molecule has 0 aromatic heterocycles. The van der Waals surface area contributed by atoms with E-state index in [1.165, 1.54) is 11.1 Å². The number of aliphatic hydroxyl groups is 1. The second-order valence-corrected chi connectivity index (χ2v) is 6.78. The Labute approximate surface area is 129 Å². The van der Waals surface area contributed by atoms with Crippen LogP contribution in [0, 0.1) is 12.8 Å². The van der Waals surface area contributed by atoms with Crippen molar-refractivity contribution in [1.82, 2.24) is 9.80 Å². The summed E-state index contributed by atoms with van der Waals surface area (Å²) >= 11 is 0. The molecule has 2 rings (SSSR count). The van der Waals surface area contributed by atoms with E-state index >= 15 is 0 Å². The lowest BCUT2D eigenvalue weighted by molar-refractivity contribution is 0.0477. The number of hydrogen-bond donors (Lipinski definition) is 1. The van der Waals surface area contributed by atoms with Gasteiger partial charge in [0.25, 0.3) is 0 Å². The van der Waals surface area contributed by atoms with Crippen LogP contribution in [0.25, 0.3) is 0 Å². The topological polar surface area (TPSA) is 26.7 Å². The van der Waals surface area contributed by atoms with Gasteiger partial charge in [-0.3, -0.25) is 9.80 Å². The highest BCUT2D eigenvalue weighted by molar-refractivity contribution is 5.21. The van der Waals surface area contributed by atoms with Gasteiger partial charge in [0.1, 0.15) is 0 Å². The highest BCUT2D eigenvalue weighted by atomic mass is 16.3. The summed E-state index contributed by atoms with van der Waals surface area (Å²) in [5, 5.41) is 9.33. The molecule has 0 spiro atoms. The summed E-state index contributed by atoms with van der Waals surface area (Å²) in [7, 11) is 0. The lowest BCUT2D eigenvalue weighted by Gasteiger charge is -2.42. The zero-order valence-corrected chi connectivity index (χ0v) is 13.8. The molecule has 118 valence electrons. The third-order valence-electron chi connectivity index (χ3n) is 4.28. The molecule has 0 amide bonds. The molecule has 0 saturated carbocycles. The van der Waals surface area contributed by atoms with Crippen LogP contribution in [0.5, 0.6) is 0 Å². The van der Waals surface area contributed by atoms with E-state index in [9.17, 15) is 5.11 Å². The summed E-state index contributed by atoms with van der Waals surface area (Å²) in [5.41, 5.74) is 2.71. The molecule has 1 aliphatic heterocycles. The average Bonchev–Trinajstić information content (AvgIpc) is 2.44. The van der Waals surface area contributed by atoms with E-state index in [2.05, 4.69) is 54.8 Å². The molecule has 1 fully saturated rings. The lowest BCUT2D eigenvalue weighted by Crippen LogP contribution is -2.53. The van der Waals surface area contributed by atoms with Gasteiger partial charge in [-0.2, -0.15) is 0 Å². The maximum absolute atomic E-state index is 9.33. The van der Waals surface area contributed by atoms with Crippen LogP contribution in [0.4, 0.5) is 0 Å². The SMILES string of the molecule is Cc1ccc(CN2CCN(CC(C)C)[C@H](CCO)C2)cc1. The van der Waals surface area contributed by atoms with Crippen molar-refractivity contribution in [1.29, 1.82) is 0 Å². The molecule has 1 heterocycles. The second kappa shape index (κ2) is 7.92. The first-order valence-electron chi connectivity index (χ1n) is 8.21. The van der Waals surface area contributed by atoms with E-state index < -0.39 is 0 Å². The van der Waals surface area contributed by atoms with Crippen molar-refractivity contribution in [3.63, 3.8) is 0 Å². The molecule has 1 saturated heterocycles. The maximum atomic E-state index is 9.33. The largest absolute Gasteiger partial charge is 0.396 e. The number of hydrogen-bond acceptors (Lipinski definition) is 3. The number of benzene rings is 1. The van der Waals surface area contributed by atoms with Gasteiger partial charge in [0.2, 0.25) is 0 Å². The monoisotopic (exact) mass is 290 g/mol. The summed E-state index contributed by atoms with van der Waals surface area (Å²) in [5.74, 6) is 0.690. The number of aryl methyl sites for hydroxylation is 1. The zero-order chi connectivity index (χ0) is 15.2. The van der Waals surface area contributed by atoms with Crippen molar-refractivity contribution >= 4 is 0 Å². The van der Waals surface area contributed by atoms with E-state index in [1.54, 1.807) is 0 Å². The van der Waals surface area contributed by atoms with E-state index in [0.717, 1.165) is 39.1 Å². The van der Waals surface area contributed by atoms with Crippen molar-refractivity contribution in [2.75, 3.05) is 32.8 Å². The first-order valence-corrected chi connectivity index (χ1v) is 8.21. The fraction of sp³-hybridized carbons (Fsp3) is 0.667. The Morgan fingerprint density at radius 1 is 1.19 bits per heavy atom. The third-order valence-corrected chi connectivity index (χ3v) is 4.28. The van der Waals surface area contributed by atoms with Crippen LogP contribution in [0.3, 0.4) is 0 Å². The quantitative estimate of drug-likeness (QED) is 0.872. The molecular formula is C18H30N2O. The first-order chi connectivity index (χ1) is 10.1. The van der Waals surface area contributed by atoms with Gasteiger partial charge in [-0.15, -0.1) is 0 Å². The first kappa shape index (κ1) is 16.5. The Kier molecular flexibility index (Phi) is 6.22. The van der Waals surface area contributed by atoms with Crippen LogP contribution in [-0.4, -0.2) is 53.7 Å². The van der Waals surface area contributed by atoms with Gasteiger partial charge in [0.15, 0.2) is 0 Å². The zero-order valence-electron chi connectivity index (χ0n) is 13.8. The van der Waals surface area contributed by atoms with E-state index in [4.69, 9.17) is 0 Å². The second-order valence-electron chi connectivity index (χ2n) is 6.78. The molecule has 3 heteroatoms. The third kappa shape index (κ3) is 5.10. The van der Waals surface area contributed by atoms with Gasteiger partial charge >= 0.3 is 0 Å². The van der Waals surface area contributed by atoms with Crippen LogP contribution in [0.15, 0.2) is 24.3 Å². The number of nitrogens with zero attached hydrogens (tertiary/aromatic N) is 2. The van der Waals surface area contributed by atoms with E-state index in [1.807, 2.05) is 0 Å². The fourth-order valence-corrected chi connectivity index (χ4v) is 3.18. The minimum atomic E-state index is 0.289. The van der Waals surface area contributed by atoms with Gasteiger partial charge in [-0.1, -0.05) is 43.7 Å². The Morgan fingerprint density at radius 3 is 2.52 bits per heavy atom. The van der Waals surface area contributed by atoms with Crippen molar-refractivity contribution in [2.45, 2.75) is 39.8 Å². The minimum absolute atomic E-state index is 0.289. The molecule has 0 unspecified atom stereocenters. The predicted octanol–water partition coefficient (Wildman–Crippen LogP) is 2.52. The van der Waals surface area contributed by atoms with Crippen LogP contribution in [-0.2, 0) is 6.54 Å². The molecule has 0 aliphatic carbocycles. The van der Waals surface area contributed by atoms with Crippen molar-refractivity contribution in [3.8, 4) is 0 Å². The van der Waals surface area contributed by atoms with Crippen LogP contribution < -0.4 is 0 Å². The van der Waals surface area contributed by atoms with Crippen LogP contribution >= 0.6 is 0 Å². The summed E-state index contributed by atoms with van der Waals surface area (Å²) in [6.07, 6.45) is 0.886. The lowest BCUT2D eigenvalue weighted by atomic mass is 10.0. The molecule has 0 bridgehead atoms. The summed E-state index contributed by atoms with van der Waals surface area (Å²) in [6, 6.07) is 9.34. The number of rotatable bonds is 6. The Bertz CT molecular complexity index is 416. The molecule has 1 aromatic carbocycles. The normalized spacial score (nSPS) is 21.1. The molecule has 1 aromatic rings. The van der Waals surface area contributed by atoms with Gasteiger partial charge in [0, 0.05) is 45.4 Å². The highest BCUT2D eigenvalue weighted by Crippen LogP contribution is 2.17. The van der Waals surface area contributed by atoms with Gasteiger partial charge in [0.05, 0.1) is 0 Å². The average molecular weight is 290 g/mol. The summed E-state index contributed by atoms with van der Waals surface area (Å²) in [4.78, 5) is 5.09. The Hall–Kier alpha value is -0.900. The van der Waals surface area contributed by atoms with Crippen molar-refractivity contribution in [3.05, 3.63) is 35.4 Å². The molecule has 1 aliphatic rings. The van der Waals surface area contributed by atoms with Gasteiger partial charge < -0.3 is 5.11 Å². The molecule has 3 nitrogen and oxygen atoms in total. The van der Waals surface area contributed by atoms with Gasteiger partial charge in [-0.05, 0) is 24.8 Å². The van der Waals surface area contributed by atoms with E-state index in [-0.39, 0.29) is 6.61 Å². The molecule has 1 N–H and O–H groups in total. The smallest absolute Gasteiger partial charge is 0.0446 e. The number of aliphatic hydroxyl groups excluding tert-OH is 1. The molecule has 0 radical (unpaired) electrons. The molecule has 21 heavy (non-hydrogen) atoms. The predicted molar refractivity (Wildman–Crippen MR) is 88.4 cm³/mol. The molecule has 1 atom stereocenters. The van der Waals surface area contributed by atoms with Crippen molar-refractivity contribution < 1.29 is 5.11 Å². The Morgan fingerprint density at radius 2 is 1.90 bits per heavy atom. The highest BCUT2D eigenvalue weighted by Gasteiger charge is 2.26. The van der Waals surface area contributed by atoms with Crippen LogP contribution in [0.2, 0.25) is 0 Å². The summed E-state index contributed by atoms with van der Waals surface area (Å²) in [6.45, 7) is 12.5. The summed E-state index contributed by atoms with van der Waals surface area (Å²) < 4.78 is 0. The minimum Gasteiger partial charge on any atom is -0.396 e. The van der Waals surface area contributed by atoms with Gasteiger partial charge in [-0.25, -0.2) is 0 Å². The number of piperazine rings is 1. The standard InChI is InChI=1S/C18H30N2O/c1-15(2)12-20-10-9-19(14-18(20)8-11-21)13-17-6-4-16(3)5-7-17/h4-7,15,18,21H,8-14H2,1-3H3/t18-/m1/s1. The van der Waals surface area contributed by atoms with Crippen LogP contribution in [0.1, 0.15) is 31.4 Å². The van der Waals surface area contributed by atoms with Crippen molar-refractivity contribution in [2.24, 2.45) is 5.92 Å². The Balaban J connectivity index is 1.93. The maximum Gasteiger partial charge on any atom is 0.0446 e. The fourth-order valence-electron chi connectivity index (χ4n) is 3.18. The molecular weight excluding hydrogens is 260 g/mol. The van der Waals surface area contributed by atoms with E-state index in [0.29, 0.717) is 12.0 Å².